The Morgan fingerprint density at radius 3 is 2.00 bits per heavy atom. The molecule has 0 aromatic rings. The van der Waals surface area contributed by atoms with Crippen molar-refractivity contribution in [2.75, 3.05) is 6.54 Å². The lowest BCUT2D eigenvalue weighted by atomic mass is 9.78. The Morgan fingerprint density at radius 2 is 1.89 bits per heavy atom. The monoisotopic (exact) mass is 127 g/mol. The van der Waals surface area contributed by atoms with Gasteiger partial charge in [0.05, 0.1) is 0 Å². The second-order valence-electron chi connectivity index (χ2n) is 3.85. The average molecular weight is 127 g/mol. The molecule has 1 nitrogen and oxygen atoms in total. The molecule has 0 aromatic carbocycles. The summed E-state index contributed by atoms with van der Waals surface area (Å²) in [5.74, 6) is 0.826. The molecule has 1 rings (SSSR count). The van der Waals surface area contributed by atoms with Crippen LogP contribution in [-0.4, -0.2) is 12.6 Å². The second-order valence-corrected chi connectivity index (χ2v) is 3.85. The molecule has 0 amide bonds. The summed E-state index contributed by atoms with van der Waals surface area (Å²) in [7, 11) is 0. The molecule has 2 atom stereocenters. The van der Waals surface area contributed by atoms with Gasteiger partial charge in [0.15, 0.2) is 0 Å². The van der Waals surface area contributed by atoms with Crippen LogP contribution in [-0.2, 0) is 0 Å². The molecular weight excluding hydrogens is 110 g/mol. The van der Waals surface area contributed by atoms with Gasteiger partial charge in [-0.05, 0) is 24.8 Å². The van der Waals surface area contributed by atoms with Crippen LogP contribution in [0.3, 0.4) is 0 Å². The van der Waals surface area contributed by atoms with Gasteiger partial charge >= 0.3 is 0 Å². The highest BCUT2D eigenvalue weighted by Crippen LogP contribution is 2.34. The quantitative estimate of drug-likeness (QED) is 0.521. The van der Waals surface area contributed by atoms with Crippen LogP contribution in [0.4, 0.5) is 0 Å². The standard InChI is InChI=1S/C8H17N/c1-6-5-9-7(2)8(6,3)4/h6-7,9H,5H2,1-4H3. The van der Waals surface area contributed by atoms with Crippen molar-refractivity contribution >= 4 is 0 Å². The third-order valence-corrected chi connectivity index (χ3v) is 3.12. The van der Waals surface area contributed by atoms with E-state index in [1.54, 1.807) is 0 Å². The number of hydrogen-bond acceptors (Lipinski definition) is 1. The SMILES string of the molecule is CC1CNC(C)C1(C)C. The van der Waals surface area contributed by atoms with Crippen molar-refractivity contribution in [3.05, 3.63) is 0 Å². The highest BCUT2D eigenvalue weighted by Gasteiger charge is 2.36. The largest absolute Gasteiger partial charge is 0.313 e. The molecule has 9 heavy (non-hydrogen) atoms. The highest BCUT2D eigenvalue weighted by molar-refractivity contribution is 4.92. The van der Waals surface area contributed by atoms with E-state index in [4.69, 9.17) is 0 Å². The lowest BCUT2D eigenvalue weighted by molar-refractivity contribution is 0.258. The Balaban J connectivity index is 2.66. The van der Waals surface area contributed by atoms with Crippen molar-refractivity contribution in [2.24, 2.45) is 11.3 Å². The van der Waals surface area contributed by atoms with Gasteiger partial charge in [-0.15, -0.1) is 0 Å². The van der Waals surface area contributed by atoms with Crippen LogP contribution in [0.5, 0.6) is 0 Å². The minimum absolute atomic E-state index is 0.500. The van der Waals surface area contributed by atoms with Gasteiger partial charge in [0, 0.05) is 6.04 Å². The van der Waals surface area contributed by atoms with Crippen molar-refractivity contribution in [1.29, 1.82) is 0 Å². The molecule has 1 N–H and O–H groups in total. The van der Waals surface area contributed by atoms with Gasteiger partial charge in [-0.1, -0.05) is 20.8 Å². The zero-order valence-electron chi connectivity index (χ0n) is 6.86. The summed E-state index contributed by atoms with van der Waals surface area (Å²) in [5.41, 5.74) is 0.500. The summed E-state index contributed by atoms with van der Waals surface area (Å²) in [5, 5.41) is 3.46. The Bertz CT molecular complexity index is 95.1. The van der Waals surface area contributed by atoms with E-state index >= 15 is 0 Å². The smallest absolute Gasteiger partial charge is 0.00930 e. The van der Waals surface area contributed by atoms with Crippen molar-refractivity contribution in [1.82, 2.24) is 5.32 Å². The van der Waals surface area contributed by atoms with Gasteiger partial charge < -0.3 is 5.32 Å². The van der Waals surface area contributed by atoms with E-state index in [9.17, 15) is 0 Å². The van der Waals surface area contributed by atoms with E-state index in [1.165, 1.54) is 6.54 Å². The van der Waals surface area contributed by atoms with Crippen LogP contribution < -0.4 is 5.32 Å². The number of nitrogens with one attached hydrogen (secondary N) is 1. The summed E-state index contributed by atoms with van der Waals surface area (Å²) in [6.07, 6.45) is 0. The van der Waals surface area contributed by atoms with Crippen LogP contribution in [0.15, 0.2) is 0 Å². The molecular formula is C8H17N. The molecule has 0 spiro atoms. The lowest BCUT2D eigenvalue weighted by Crippen LogP contribution is -2.30. The fourth-order valence-corrected chi connectivity index (χ4v) is 1.31. The lowest BCUT2D eigenvalue weighted by Gasteiger charge is -2.27. The normalized spacial score (nSPS) is 41.3. The molecule has 54 valence electrons. The first-order chi connectivity index (χ1) is 4.05. The maximum Gasteiger partial charge on any atom is 0.00930 e. The number of rotatable bonds is 0. The first-order valence-electron chi connectivity index (χ1n) is 3.78. The molecule has 0 bridgehead atoms. The molecule has 1 aliphatic rings. The van der Waals surface area contributed by atoms with Crippen molar-refractivity contribution < 1.29 is 0 Å². The Kier molecular flexibility index (Phi) is 1.55. The van der Waals surface area contributed by atoms with E-state index in [0.717, 1.165) is 5.92 Å². The van der Waals surface area contributed by atoms with E-state index in [2.05, 4.69) is 33.0 Å². The van der Waals surface area contributed by atoms with Gasteiger partial charge in [0.25, 0.3) is 0 Å². The molecule has 1 fully saturated rings. The minimum Gasteiger partial charge on any atom is -0.313 e. The Labute approximate surface area is 57.8 Å². The highest BCUT2D eigenvalue weighted by atomic mass is 15.0. The summed E-state index contributed by atoms with van der Waals surface area (Å²) in [6.45, 7) is 10.4. The maximum absolute atomic E-state index is 3.46. The second kappa shape index (κ2) is 1.98. The fourth-order valence-electron chi connectivity index (χ4n) is 1.31. The third kappa shape index (κ3) is 0.983. The van der Waals surface area contributed by atoms with E-state index < -0.39 is 0 Å². The molecule has 2 unspecified atom stereocenters. The molecule has 0 radical (unpaired) electrons. The minimum atomic E-state index is 0.500. The zero-order chi connectivity index (χ0) is 7.07. The third-order valence-electron chi connectivity index (χ3n) is 3.12. The Morgan fingerprint density at radius 1 is 1.33 bits per heavy atom. The fraction of sp³-hybridized carbons (Fsp3) is 1.00. The van der Waals surface area contributed by atoms with Gasteiger partial charge in [-0.2, -0.15) is 0 Å². The van der Waals surface area contributed by atoms with Gasteiger partial charge in [0.1, 0.15) is 0 Å². The summed E-state index contributed by atoms with van der Waals surface area (Å²) in [6, 6.07) is 0.687. The van der Waals surface area contributed by atoms with E-state index in [-0.39, 0.29) is 0 Å². The van der Waals surface area contributed by atoms with Crippen molar-refractivity contribution in [3.8, 4) is 0 Å². The molecule has 1 saturated heterocycles. The predicted molar refractivity (Wildman–Crippen MR) is 40.4 cm³/mol. The zero-order valence-corrected chi connectivity index (χ0v) is 6.86. The first kappa shape index (κ1) is 7.07. The first-order valence-corrected chi connectivity index (χ1v) is 3.78. The van der Waals surface area contributed by atoms with E-state index in [0.29, 0.717) is 11.5 Å². The van der Waals surface area contributed by atoms with Crippen LogP contribution >= 0.6 is 0 Å². The van der Waals surface area contributed by atoms with Gasteiger partial charge in [-0.3, -0.25) is 0 Å². The van der Waals surface area contributed by atoms with Crippen LogP contribution in [0.2, 0.25) is 0 Å². The summed E-state index contributed by atoms with van der Waals surface area (Å²) in [4.78, 5) is 0. The van der Waals surface area contributed by atoms with Crippen molar-refractivity contribution in [2.45, 2.75) is 33.7 Å². The Hall–Kier alpha value is -0.0400. The number of hydrogen-bond donors (Lipinski definition) is 1. The van der Waals surface area contributed by atoms with Crippen LogP contribution in [0.25, 0.3) is 0 Å². The topological polar surface area (TPSA) is 12.0 Å². The van der Waals surface area contributed by atoms with E-state index in [1.807, 2.05) is 0 Å². The van der Waals surface area contributed by atoms with Crippen LogP contribution in [0, 0.1) is 11.3 Å². The maximum atomic E-state index is 3.46. The van der Waals surface area contributed by atoms with Gasteiger partial charge in [-0.25, -0.2) is 0 Å². The molecule has 0 saturated carbocycles. The molecule has 0 aromatic heterocycles. The average Bonchev–Trinajstić information content (AvgIpc) is 1.96. The van der Waals surface area contributed by atoms with Crippen molar-refractivity contribution in [3.63, 3.8) is 0 Å². The summed E-state index contributed by atoms with van der Waals surface area (Å²) < 4.78 is 0. The molecule has 1 heterocycles. The predicted octanol–water partition coefficient (Wildman–Crippen LogP) is 1.64. The molecule has 0 aliphatic carbocycles. The van der Waals surface area contributed by atoms with Gasteiger partial charge in [0.2, 0.25) is 0 Å². The van der Waals surface area contributed by atoms with Crippen LogP contribution in [0.1, 0.15) is 27.7 Å². The molecule has 1 heteroatoms. The molecule has 1 aliphatic heterocycles. The summed E-state index contributed by atoms with van der Waals surface area (Å²) >= 11 is 0.